The summed E-state index contributed by atoms with van der Waals surface area (Å²) in [4.78, 5) is 12.5. The second-order valence-electron chi connectivity index (χ2n) is 6.30. The summed E-state index contributed by atoms with van der Waals surface area (Å²) in [5, 5.41) is 0. The SMILES string of the molecule is CC1CC(OC(=O)C2(CN)CCCCC2)CC(C)O1. The van der Waals surface area contributed by atoms with Crippen LogP contribution in [0.2, 0.25) is 0 Å². The molecule has 0 amide bonds. The number of hydrogen-bond acceptors (Lipinski definition) is 4. The molecule has 0 aromatic carbocycles. The maximum atomic E-state index is 12.5. The van der Waals surface area contributed by atoms with Crippen LogP contribution in [0.25, 0.3) is 0 Å². The van der Waals surface area contributed by atoms with E-state index in [1.165, 1.54) is 6.42 Å². The van der Waals surface area contributed by atoms with Crippen LogP contribution in [0.4, 0.5) is 0 Å². The quantitative estimate of drug-likeness (QED) is 0.799. The van der Waals surface area contributed by atoms with Crippen molar-refractivity contribution in [3.8, 4) is 0 Å². The molecular weight excluding hydrogens is 242 g/mol. The van der Waals surface area contributed by atoms with Gasteiger partial charge in [0.05, 0.1) is 17.6 Å². The first kappa shape index (κ1) is 14.8. The lowest BCUT2D eigenvalue weighted by molar-refractivity contribution is -0.172. The van der Waals surface area contributed by atoms with E-state index in [9.17, 15) is 4.79 Å². The number of nitrogens with two attached hydrogens (primary N) is 1. The molecule has 2 atom stereocenters. The van der Waals surface area contributed by atoms with Gasteiger partial charge in [-0.1, -0.05) is 19.3 Å². The van der Waals surface area contributed by atoms with Crippen molar-refractivity contribution >= 4 is 5.97 Å². The van der Waals surface area contributed by atoms with Gasteiger partial charge in [-0.05, 0) is 26.7 Å². The van der Waals surface area contributed by atoms with E-state index in [1.54, 1.807) is 0 Å². The van der Waals surface area contributed by atoms with Crippen molar-refractivity contribution in [2.45, 2.75) is 77.1 Å². The third kappa shape index (κ3) is 3.48. The molecule has 1 aliphatic carbocycles. The highest BCUT2D eigenvalue weighted by atomic mass is 16.6. The van der Waals surface area contributed by atoms with E-state index < -0.39 is 5.41 Å². The van der Waals surface area contributed by atoms with Gasteiger partial charge in [-0.15, -0.1) is 0 Å². The third-order valence-electron chi connectivity index (χ3n) is 4.56. The molecular formula is C15H27NO3. The van der Waals surface area contributed by atoms with Crippen LogP contribution in [0.1, 0.15) is 58.8 Å². The summed E-state index contributed by atoms with van der Waals surface area (Å²) in [6, 6.07) is 0. The Balaban J connectivity index is 1.95. The Bertz CT molecular complexity index is 303. The Morgan fingerprint density at radius 3 is 2.32 bits per heavy atom. The molecule has 2 fully saturated rings. The van der Waals surface area contributed by atoms with Gasteiger partial charge in [0.2, 0.25) is 0 Å². The molecule has 0 radical (unpaired) electrons. The highest BCUT2D eigenvalue weighted by molar-refractivity contribution is 5.77. The molecule has 0 spiro atoms. The topological polar surface area (TPSA) is 61.5 Å². The number of esters is 1. The Morgan fingerprint density at radius 1 is 1.21 bits per heavy atom. The smallest absolute Gasteiger partial charge is 0.313 e. The van der Waals surface area contributed by atoms with Crippen LogP contribution in [0.3, 0.4) is 0 Å². The molecule has 4 nitrogen and oxygen atoms in total. The van der Waals surface area contributed by atoms with Gasteiger partial charge in [-0.3, -0.25) is 4.79 Å². The minimum absolute atomic E-state index is 0.00315. The number of carbonyl (C=O) groups is 1. The van der Waals surface area contributed by atoms with E-state index in [2.05, 4.69) is 0 Å². The molecule has 1 saturated heterocycles. The van der Waals surface area contributed by atoms with Gasteiger partial charge >= 0.3 is 5.97 Å². The summed E-state index contributed by atoms with van der Waals surface area (Å²) in [5.74, 6) is -0.0685. The average molecular weight is 269 g/mol. The maximum Gasteiger partial charge on any atom is 0.313 e. The van der Waals surface area contributed by atoms with Gasteiger partial charge in [0.15, 0.2) is 0 Å². The molecule has 0 aromatic heterocycles. The molecule has 2 rings (SSSR count). The molecule has 2 unspecified atom stereocenters. The molecule has 0 aromatic rings. The fraction of sp³-hybridized carbons (Fsp3) is 0.933. The van der Waals surface area contributed by atoms with Crippen molar-refractivity contribution in [2.24, 2.45) is 11.1 Å². The molecule has 1 saturated carbocycles. The summed E-state index contributed by atoms with van der Waals surface area (Å²) in [7, 11) is 0. The summed E-state index contributed by atoms with van der Waals surface area (Å²) in [6.45, 7) is 4.49. The summed E-state index contributed by atoms with van der Waals surface area (Å²) in [5.41, 5.74) is 5.46. The van der Waals surface area contributed by atoms with Crippen molar-refractivity contribution in [2.75, 3.05) is 6.54 Å². The number of ether oxygens (including phenoxy) is 2. The van der Waals surface area contributed by atoms with Crippen LogP contribution in [-0.2, 0) is 14.3 Å². The largest absolute Gasteiger partial charge is 0.462 e. The fourth-order valence-corrected chi connectivity index (χ4v) is 3.44. The second kappa shape index (κ2) is 6.23. The van der Waals surface area contributed by atoms with Gasteiger partial charge in [-0.25, -0.2) is 0 Å². The van der Waals surface area contributed by atoms with Gasteiger partial charge in [0.1, 0.15) is 6.10 Å². The van der Waals surface area contributed by atoms with Crippen LogP contribution in [-0.4, -0.2) is 30.8 Å². The Labute approximate surface area is 116 Å². The Hall–Kier alpha value is -0.610. The summed E-state index contributed by atoms with van der Waals surface area (Å²) >= 11 is 0. The van der Waals surface area contributed by atoms with Gasteiger partial charge in [0.25, 0.3) is 0 Å². The van der Waals surface area contributed by atoms with E-state index in [-0.39, 0.29) is 24.3 Å². The van der Waals surface area contributed by atoms with Crippen molar-refractivity contribution in [1.82, 2.24) is 0 Å². The molecule has 2 N–H and O–H groups in total. The minimum Gasteiger partial charge on any atom is -0.462 e. The average Bonchev–Trinajstić information content (AvgIpc) is 2.38. The van der Waals surface area contributed by atoms with Crippen LogP contribution >= 0.6 is 0 Å². The normalized spacial score (nSPS) is 34.8. The first-order valence-electron chi connectivity index (χ1n) is 7.62. The van der Waals surface area contributed by atoms with Crippen molar-refractivity contribution < 1.29 is 14.3 Å². The lowest BCUT2D eigenvalue weighted by Gasteiger charge is -2.37. The molecule has 0 bridgehead atoms. The Morgan fingerprint density at radius 2 is 1.79 bits per heavy atom. The molecule has 19 heavy (non-hydrogen) atoms. The van der Waals surface area contributed by atoms with Crippen molar-refractivity contribution in [1.29, 1.82) is 0 Å². The molecule has 4 heteroatoms. The standard InChI is InChI=1S/C15H27NO3/c1-11-8-13(9-12(2)18-11)19-14(17)15(10-16)6-4-3-5-7-15/h11-13H,3-10,16H2,1-2H3. The predicted molar refractivity (Wildman–Crippen MR) is 73.7 cm³/mol. The van der Waals surface area contributed by atoms with Crippen molar-refractivity contribution in [3.63, 3.8) is 0 Å². The van der Waals surface area contributed by atoms with E-state index >= 15 is 0 Å². The molecule has 1 aliphatic heterocycles. The van der Waals surface area contributed by atoms with Crippen LogP contribution in [0.5, 0.6) is 0 Å². The monoisotopic (exact) mass is 269 g/mol. The third-order valence-corrected chi connectivity index (χ3v) is 4.56. The first-order chi connectivity index (χ1) is 9.05. The second-order valence-corrected chi connectivity index (χ2v) is 6.30. The Kier molecular flexibility index (Phi) is 4.85. The van der Waals surface area contributed by atoms with Crippen LogP contribution in [0, 0.1) is 5.41 Å². The van der Waals surface area contributed by atoms with E-state index in [1.807, 2.05) is 13.8 Å². The van der Waals surface area contributed by atoms with E-state index in [0.29, 0.717) is 6.54 Å². The lowest BCUT2D eigenvalue weighted by Crippen LogP contribution is -2.45. The lowest BCUT2D eigenvalue weighted by atomic mass is 9.74. The molecule has 2 aliphatic rings. The minimum atomic E-state index is -0.414. The zero-order chi connectivity index (χ0) is 13.9. The fourth-order valence-electron chi connectivity index (χ4n) is 3.44. The first-order valence-corrected chi connectivity index (χ1v) is 7.62. The summed E-state index contributed by atoms with van der Waals surface area (Å²) < 4.78 is 11.4. The highest BCUT2D eigenvalue weighted by Crippen LogP contribution is 2.37. The van der Waals surface area contributed by atoms with Crippen LogP contribution in [0.15, 0.2) is 0 Å². The van der Waals surface area contributed by atoms with Gasteiger partial charge in [-0.2, -0.15) is 0 Å². The van der Waals surface area contributed by atoms with E-state index in [0.717, 1.165) is 38.5 Å². The number of hydrogen-bond donors (Lipinski definition) is 1. The molecule has 110 valence electrons. The van der Waals surface area contributed by atoms with Crippen LogP contribution < -0.4 is 5.73 Å². The zero-order valence-electron chi connectivity index (χ0n) is 12.2. The maximum absolute atomic E-state index is 12.5. The summed E-state index contributed by atoms with van der Waals surface area (Å²) in [6.07, 6.45) is 7.10. The predicted octanol–water partition coefficient (Wildman–Crippen LogP) is 2.39. The van der Waals surface area contributed by atoms with E-state index in [4.69, 9.17) is 15.2 Å². The van der Waals surface area contributed by atoms with Gasteiger partial charge in [0, 0.05) is 19.4 Å². The van der Waals surface area contributed by atoms with Crippen molar-refractivity contribution in [3.05, 3.63) is 0 Å². The highest BCUT2D eigenvalue weighted by Gasteiger charge is 2.41. The zero-order valence-corrected chi connectivity index (χ0v) is 12.2. The molecule has 1 heterocycles. The van der Waals surface area contributed by atoms with Gasteiger partial charge < -0.3 is 15.2 Å². The number of carbonyl (C=O) groups excluding carboxylic acids is 1. The number of rotatable bonds is 3.